The fourth-order valence-electron chi connectivity index (χ4n) is 3.73. The lowest BCUT2D eigenvalue weighted by molar-refractivity contribution is 0.126. The molecule has 1 aromatic rings. The van der Waals surface area contributed by atoms with Crippen molar-refractivity contribution in [2.45, 2.75) is 62.8 Å². The maximum absolute atomic E-state index is 12.5. The molecule has 5 heteroatoms. The van der Waals surface area contributed by atoms with Gasteiger partial charge in [0.25, 0.3) is 5.56 Å². The molecule has 0 radical (unpaired) electrons. The first-order chi connectivity index (χ1) is 9.24. The molecule has 1 aliphatic carbocycles. The maximum Gasteiger partial charge on any atom is 0.293 e. The van der Waals surface area contributed by atoms with Gasteiger partial charge in [-0.25, -0.2) is 4.98 Å². The van der Waals surface area contributed by atoms with E-state index >= 15 is 0 Å². The summed E-state index contributed by atoms with van der Waals surface area (Å²) in [7, 11) is 0. The Morgan fingerprint density at radius 3 is 2.37 bits per heavy atom. The molecule has 0 aromatic carbocycles. The van der Waals surface area contributed by atoms with Gasteiger partial charge in [0.15, 0.2) is 5.82 Å². The minimum atomic E-state index is -0.205. The predicted octanol–water partition coefficient (Wildman–Crippen LogP) is 1.07. The molecule has 0 amide bonds. The normalized spacial score (nSPS) is 33.7. The molecule has 102 valence electrons. The van der Waals surface area contributed by atoms with Gasteiger partial charge in [0.2, 0.25) is 0 Å². The molecule has 2 aliphatic heterocycles. The van der Waals surface area contributed by atoms with Gasteiger partial charge in [0.1, 0.15) is 0 Å². The van der Waals surface area contributed by atoms with Gasteiger partial charge in [-0.05, 0) is 38.5 Å². The fourth-order valence-corrected chi connectivity index (χ4v) is 3.73. The molecule has 1 aromatic heterocycles. The van der Waals surface area contributed by atoms with Crippen LogP contribution in [0.25, 0.3) is 0 Å². The SMILES string of the molecule is O=c1c(N2C3CCC2CC(O)C3)nccn1C1CC1. The topological polar surface area (TPSA) is 58.4 Å². The summed E-state index contributed by atoms with van der Waals surface area (Å²) in [5.74, 6) is 0.605. The summed E-state index contributed by atoms with van der Waals surface area (Å²) in [6.07, 6.45) is 9.25. The zero-order valence-corrected chi connectivity index (χ0v) is 10.9. The molecule has 2 unspecified atom stereocenters. The number of nitrogens with zero attached hydrogens (tertiary/aromatic N) is 3. The molecule has 3 fully saturated rings. The number of hydrogen-bond donors (Lipinski definition) is 1. The van der Waals surface area contributed by atoms with Gasteiger partial charge in [0, 0.05) is 30.5 Å². The quantitative estimate of drug-likeness (QED) is 0.865. The molecule has 19 heavy (non-hydrogen) atoms. The molecule has 1 saturated carbocycles. The van der Waals surface area contributed by atoms with Crippen LogP contribution in [0.3, 0.4) is 0 Å². The smallest absolute Gasteiger partial charge is 0.293 e. The van der Waals surface area contributed by atoms with Gasteiger partial charge < -0.3 is 14.6 Å². The van der Waals surface area contributed by atoms with Crippen molar-refractivity contribution in [1.29, 1.82) is 0 Å². The largest absolute Gasteiger partial charge is 0.393 e. The van der Waals surface area contributed by atoms with Crippen LogP contribution >= 0.6 is 0 Å². The first-order valence-electron chi connectivity index (χ1n) is 7.27. The molecule has 2 saturated heterocycles. The Morgan fingerprint density at radius 1 is 1.11 bits per heavy atom. The van der Waals surface area contributed by atoms with Gasteiger partial charge in [-0.3, -0.25) is 4.79 Å². The molecule has 3 aliphatic rings. The van der Waals surface area contributed by atoms with Crippen LogP contribution < -0.4 is 10.5 Å². The number of aliphatic hydroxyl groups excluding tert-OH is 1. The summed E-state index contributed by atoms with van der Waals surface area (Å²) in [6.45, 7) is 0. The highest BCUT2D eigenvalue weighted by Gasteiger charge is 2.42. The molecule has 3 heterocycles. The van der Waals surface area contributed by atoms with Crippen LogP contribution in [-0.4, -0.2) is 32.8 Å². The molecule has 2 atom stereocenters. The summed E-state index contributed by atoms with van der Waals surface area (Å²) in [4.78, 5) is 19.1. The van der Waals surface area contributed by atoms with E-state index in [1.807, 2.05) is 10.8 Å². The van der Waals surface area contributed by atoms with E-state index in [2.05, 4.69) is 9.88 Å². The number of aliphatic hydroxyl groups is 1. The Morgan fingerprint density at radius 2 is 1.74 bits per heavy atom. The van der Waals surface area contributed by atoms with Crippen molar-refractivity contribution in [1.82, 2.24) is 9.55 Å². The van der Waals surface area contributed by atoms with E-state index in [0.29, 0.717) is 23.9 Å². The standard InChI is InChI=1S/C14H19N3O2/c18-12-7-10-3-4-11(8-12)17(10)13-14(19)16(6-5-15-13)9-1-2-9/h5-6,9-12,18H,1-4,7-8H2. The average molecular weight is 261 g/mol. The summed E-state index contributed by atoms with van der Waals surface area (Å²) in [5.41, 5.74) is 0.0540. The lowest BCUT2D eigenvalue weighted by Gasteiger charge is -2.37. The Hall–Kier alpha value is -1.36. The van der Waals surface area contributed by atoms with Crippen molar-refractivity contribution in [2.24, 2.45) is 0 Å². The average Bonchev–Trinajstić information content (AvgIpc) is 3.17. The monoisotopic (exact) mass is 261 g/mol. The number of hydrogen-bond acceptors (Lipinski definition) is 4. The Labute approximate surface area is 111 Å². The zero-order chi connectivity index (χ0) is 13.0. The van der Waals surface area contributed by atoms with Crippen molar-refractivity contribution in [3.05, 3.63) is 22.7 Å². The van der Waals surface area contributed by atoms with Crippen molar-refractivity contribution in [2.75, 3.05) is 4.90 Å². The molecular formula is C14H19N3O2. The van der Waals surface area contributed by atoms with E-state index in [1.165, 1.54) is 0 Å². The van der Waals surface area contributed by atoms with Crippen molar-refractivity contribution in [3.8, 4) is 0 Å². The van der Waals surface area contributed by atoms with Gasteiger partial charge >= 0.3 is 0 Å². The summed E-state index contributed by atoms with van der Waals surface area (Å²) in [5, 5.41) is 9.85. The van der Waals surface area contributed by atoms with Gasteiger partial charge in [0.05, 0.1) is 6.10 Å². The molecule has 1 N–H and O–H groups in total. The second-order valence-electron chi connectivity index (χ2n) is 6.11. The highest BCUT2D eigenvalue weighted by atomic mass is 16.3. The predicted molar refractivity (Wildman–Crippen MR) is 71.3 cm³/mol. The summed E-state index contributed by atoms with van der Waals surface area (Å²) >= 11 is 0. The van der Waals surface area contributed by atoms with Crippen molar-refractivity contribution >= 4 is 5.82 Å². The van der Waals surface area contributed by atoms with Crippen molar-refractivity contribution < 1.29 is 5.11 Å². The fraction of sp³-hybridized carbons (Fsp3) is 0.714. The number of aromatic nitrogens is 2. The van der Waals surface area contributed by atoms with Gasteiger partial charge in [-0.15, -0.1) is 0 Å². The number of piperidine rings is 1. The minimum Gasteiger partial charge on any atom is -0.393 e. The second kappa shape index (κ2) is 4.07. The van der Waals surface area contributed by atoms with Crippen LogP contribution in [0.5, 0.6) is 0 Å². The Balaban J connectivity index is 1.73. The first kappa shape index (κ1) is 11.5. The summed E-state index contributed by atoms with van der Waals surface area (Å²) in [6, 6.07) is 0.982. The van der Waals surface area contributed by atoms with Crippen LogP contribution in [0, 0.1) is 0 Å². The van der Waals surface area contributed by atoms with Crippen LogP contribution in [0.1, 0.15) is 44.6 Å². The zero-order valence-electron chi connectivity index (χ0n) is 10.9. The Kier molecular flexibility index (Phi) is 2.45. The van der Waals surface area contributed by atoms with E-state index in [4.69, 9.17) is 0 Å². The van der Waals surface area contributed by atoms with Gasteiger partial charge in [-0.1, -0.05) is 0 Å². The first-order valence-corrected chi connectivity index (χ1v) is 7.27. The highest BCUT2D eigenvalue weighted by molar-refractivity contribution is 5.42. The molecule has 0 spiro atoms. The lowest BCUT2D eigenvalue weighted by atomic mass is 10.00. The van der Waals surface area contributed by atoms with Gasteiger partial charge in [-0.2, -0.15) is 0 Å². The second-order valence-corrected chi connectivity index (χ2v) is 6.11. The Bertz CT molecular complexity index is 538. The number of rotatable bonds is 2. The minimum absolute atomic E-state index is 0.0540. The molecule has 2 bridgehead atoms. The van der Waals surface area contributed by atoms with Crippen LogP contribution in [0.15, 0.2) is 17.2 Å². The van der Waals surface area contributed by atoms with Crippen LogP contribution in [-0.2, 0) is 0 Å². The third-order valence-corrected chi connectivity index (χ3v) is 4.74. The van der Waals surface area contributed by atoms with E-state index < -0.39 is 0 Å². The number of fused-ring (bicyclic) bond motifs is 2. The van der Waals surface area contributed by atoms with E-state index in [0.717, 1.165) is 38.5 Å². The number of anilines is 1. The van der Waals surface area contributed by atoms with E-state index in [1.54, 1.807) is 6.20 Å². The highest BCUT2D eigenvalue weighted by Crippen LogP contribution is 2.38. The molecule has 4 rings (SSSR count). The lowest BCUT2D eigenvalue weighted by Crippen LogP contribution is -2.48. The third-order valence-electron chi connectivity index (χ3n) is 4.74. The van der Waals surface area contributed by atoms with Crippen molar-refractivity contribution in [3.63, 3.8) is 0 Å². The molecular weight excluding hydrogens is 242 g/mol. The third kappa shape index (κ3) is 1.79. The van der Waals surface area contributed by atoms with E-state index in [-0.39, 0.29) is 11.7 Å². The van der Waals surface area contributed by atoms with E-state index in [9.17, 15) is 9.90 Å². The molecule has 5 nitrogen and oxygen atoms in total. The van der Waals surface area contributed by atoms with Crippen LogP contribution in [0.2, 0.25) is 0 Å². The maximum atomic E-state index is 12.5. The van der Waals surface area contributed by atoms with Crippen LogP contribution in [0.4, 0.5) is 5.82 Å². The summed E-state index contributed by atoms with van der Waals surface area (Å²) < 4.78 is 1.84.